The first-order chi connectivity index (χ1) is 15.0. The fraction of sp³-hybridized carbons (Fsp3) is 0.545. The number of hydrogen-bond acceptors (Lipinski definition) is 5. The lowest BCUT2D eigenvalue weighted by Crippen LogP contribution is -2.43. The first-order valence-corrected chi connectivity index (χ1v) is 12.6. The van der Waals surface area contributed by atoms with E-state index in [-0.39, 0.29) is 29.1 Å². The van der Waals surface area contributed by atoms with E-state index in [1.54, 1.807) is 23.2 Å². The third kappa shape index (κ3) is 5.27. The number of benzene rings is 1. The molecule has 2 fully saturated rings. The number of carbonyl (C=O) groups is 1. The van der Waals surface area contributed by atoms with Gasteiger partial charge in [-0.05, 0) is 38.2 Å². The number of sulfone groups is 1. The van der Waals surface area contributed by atoms with Gasteiger partial charge < -0.3 is 19.5 Å². The molecule has 8 nitrogen and oxygen atoms in total. The zero-order chi connectivity index (χ0) is 21.8. The lowest BCUT2D eigenvalue weighted by molar-refractivity contribution is 0.0789. The molecule has 31 heavy (non-hydrogen) atoms. The fourth-order valence-electron chi connectivity index (χ4n) is 4.02. The van der Waals surface area contributed by atoms with E-state index < -0.39 is 9.84 Å². The average molecular weight is 447 g/mol. The molecule has 0 bridgehead atoms. The van der Waals surface area contributed by atoms with Crippen molar-refractivity contribution in [3.05, 3.63) is 47.8 Å². The van der Waals surface area contributed by atoms with E-state index in [0.29, 0.717) is 19.6 Å². The molecule has 1 aromatic carbocycles. The lowest BCUT2D eigenvalue weighted by atomic mass is 10.2. The van der Waals surface area contributed by atoms with Crippen LogP contribution in [-0.2, 0) is 26.9 Å². The van der Waals surface area contributed by atoms with Gasteiger partial charge in [0.05, 0.1) is 30.3 Å². The van der Waals surface area contributed by atoms with Gasteiger partial charge in [0, 0.05) is 25.7 Å². The van der Waals surface area contributed by atoms with Crippen LogP contribution in [0.3, 0.4) is 0 Å². The fourth-order valence-corrected chi connectivity index (χ4v) is 5.56. The number of aromatic nitrogens is 2. The molecule has 1 aliphatic carbocycles. The largest absolute Gasteiger partial charge is 0.376 e. The summed E-state index contributed by atoms with van der Waals surface area (Å²) in [5.41, 5.74) is 1.48. The van der Waals surface area contributed by atoms with Gasteiger partial charge in [-0.25, -0.2) is 18.2 Å². The molecule has 1 saturated carbocycles. The van der Waals surface area contributed by atoms with Crippen molar-refractivity contribution >= 4 is 15.9 Å². The number of amides is 2. The van der Waals surface area contributed by atoms with Crippen LogP contribution in [0.2, 0.25) is 0 Å². The number of ether oxygens (including phenoxy) is 1. The molecular weight excluding hydrogens is 416 g/mol. The first kappa shape index (κ1) is 21.8. The van der Waals surface area contributed by atoms with Crippen LogP contribution in [0.4, 0.5) is 4.79 Å². The number of nitrogens with one attached hydrogen (secondary N) is 1. The summed E-state index contributed by atoms with van der Waals surface area (Å²) >= 11 is 0. The highest BCUT2D eigenvalue weighted by Crippen LogP contribution is 2.39. The van der Waals surface area contributed by atoms with Crippen molar-refractivity contribution < 1.29 is 17.9 Å². The van der Waals surface area contributed by atoms with Gasteiger partial charge in [-0.15, -0.1) is 0 Å². The van der Waals surface area contributed by atoms with E-state index in [1.807, 2.05) is 29.7 Å². The summed E-state index contributed by atoms with van der Waals surface area (Å²) in [4.78, 5) is 18.7. The van der Waals surface area contributed by atoms with Gasteiger partial charge in [0.2, 0.25) is 15.0 Å². The molecule has 1 N–H and O–H groups in total. The summed E-state index contributed by atoms with van der Waals surface area (Å²) in [6.45, 7) is 3.91. The summed E-state index contributed by atoms with van der Waals surface area (Å²) in [5, 5.41) is 2.96. The Bertz CT molecular complexity index is 996. The van der Waals surface area contributed by atoms with Gasteiger partial charge in [0.15, 0.2) is 0 Å². The summed E-state index contributed by atoms with van der Waals surface area (Å²) in [5.74, 6) is -0.0903. The van der Waals surface area contributed by atoms with Crippen molar-refractivity contribution in [2.45, 2.75) is 62.2 Å². The Labute approximate surface area is 183 Å². The van der Waals surface area contributed by atoms with Crippen LogP contribution >= 0.6 is 0 Å². The van der Waals surface area contributed by atoms with Crippen LogP contribution < -0.4 is 5.32 Å². The number of carbonyl (C=O) groups excluding carboxylic acids is 1. The second-order valence-corrected chi connectivity index (χ2v) is 10.1. The molecule has 2 heterocycles. The second kappa shape index (κ2) is 9.40. The Morgan fingerprint density at radius 1 is 1.26 bits per heavy atom. The molecule has 1 aromatic heterocycles. The summed E-state index contributed by atoms with van der Waals surface area (Å²) in [6, 6.07) is 9.09. The maximum Gasteiger partial charge on any atom is 0.317 e. The normalized spacial score (nSPS) is 18.8. The maximum absolute atomic E-state index is 13.2. The Kier molecular flexibility index (Phi) is 6.62. The molecule has 1 atom stereocenters. The predicted molar refractivity (Wildman–Crippen MR) is 116 cm³/mol. The Balaban J connectivity index is 1.59. The third-order valence-corrected chi connectivity index (χ3v) is 7.22. The molecule has 1 aliphatic heterocycles. The van der Waals surface area contributed by atoms with Crippen LogP contribution in [0, 0.1) is 0 Å². The number of urea groups is 1. The van der Waals surface area contributed by atoms with Crippen molar-refractivity contribution in [3.8, 4) is 0 Å². The van der Waals surface area contributed by atoms with Crippen molar-refractivity contribution in [3.63, 3.8) is 0 Å². The van der Waals surface area contributed by atoms with Crippen LogP contribution in [0.25, 0.3) is 0 Å². The highest BCUT2D eigenvalue weighted by molar-refractivity contribution is 7.90. The molecule has 0 unspecified atom stereocenters. The van der Waals surface area contributed by atoms with Gasteiger partial charge in [-0.1, -0.05) is 30.3 Å². The Morgan fingerprint density at radius 3 is 2.68 bits per heavy atom. The zero-order valence-corrected chi connectivity index (χ0v) is 18.7. The highest BCUT2D eigenvalue weighted by Gasteiger charge is 2.34. The Hall–Kier alpha value is -2.39. The minimum absolute atomic E-state index is 0.0150. The molecule has 168 valence electrons. The van der Waals surface area contributed by atoms with E-state index in [0.717, 1.165) is 43.5 Å². The number of hydrogen-bond donors (Lipinski definition) is 1. The molecule has 2 aromatic rings. The van der Waals surface area contributed by atoms with Crippen molar-refractivity contribution in [2.24, 2.45) is 0 Å². The number of imidazole rings is 1. The minimum Gasteiger partial charge on any atom is -0.376 e. The summed E-state index contributed by atoms with van der Waals surface area (Å²) in [6.07, 6.45) is 5.39. The lowest BCUT2D eigenvalue weighted by Gasteiger charge is -2.26. The van der Waals surface area contributed by atoms with E-state index in [2.05, 4.69) is 10.3 Å². The van der Waals surface area contributed by atoms with Crippen molar-refractivity contribution in [1.82, 2.24) is 19.8 Å². The SMILES string of the molecule is CCNC(=O)N(Cc1cnc(S(=O)(=O)Cc2ccccc2)n1C1CC1)C[C@H]1CCCO1. The summed E-state index contributed by atoms with van der Waals surface area (Å²) < 4.78 is 33.9. The zero-order valence-electron chi connectivity index (χ0n) is 17.9. The minimum atomic E-state index is -3.61. The maximum atomic E-state index is 13.2. The second-order valence-electron chi connectivity index (χ2n) is 8.23. The van der Waals surface area contributed by atoms with Crippen LogP contribution in [0.15, 0.2) is 41.7 Å². The molecule has 4 rings (SSSR count). The van der Waals surface area contributed by atoms with Gasteiger partial charge in [-0.3, -0.25) is 0 Å². The molecule has 0 spiro atoms. The van der Waals surface area contributed by atoms with Crippen LogP contribution in [0.5, 0.6) is 0 Å². The number of nitrogens with zero attached hydrogens (tertiary/aromatic N) is 3. The van der Waals surface area contributed by atoms with E-state index in [4.69, 9.17) is 4.74 Å². The molecule has 0 radical (unpaired) electrons. The van der Waals surface area contributed by atoms with E-state index in [9.17, 15) is 13.2 Å². The van der Waals surface area contributed by atoms with Crippen LogP contribution in [-0.4, -0.2) is 54.7 Å². The van der Waals surface area contributed by atoms with E-state index in [1.165, 1.54) is 0 Å². The standard InChI is InChI=1S/C22H30N4O4S/c1-2-23-21(27)25(15-20-9-6-12-30-20)14-19-13-24-22(26(19)18-10-11-18)31(28,29)16-17-7-4-3-5-8-17/h3-5,7-8,13,18,20H,2,6,9-12,14-16H2,1H3,(H,23,27)/t20-/m1/s1. The monoisotopic (exact) mass is 446 g/mol. The molecule has 2 aliphatic rings. The Morgan fingerprint density at radius 2 is 2.03 bits per heavy atom. The first-order valence-electron chi connectivity index (χ1n) is 10.9. The van der Waals surface area contributed by atoms with E-state index >= 15 is 0 Å². The van der Waals surface area contributed by atoms with Gasteiger partial charge in [-0.2, -0.15) is 0 Å². The molecule has 2 amide bonds. The topological polar surface area (TPSA) is 93.5 Å². The third-order valence-electron chi connectivity index (χ3n) is 5.65. The quantitative estimate of drug-likeness (QED) is 0.639. The predicted octanol–water partition coefficient (Wildman–Crippen LogP) is 2.90. The van der Waals surface area contributed by atoms with Gasteiger partial charge in [0.25, 0.3) is 0 Å². The molecular formula is C22H30N4O4S. The van der Waals surface area contributed by atoms with Gasteiger partial charge >= 0.3 is 6.03 Å². The van der Waals surface area contributed by atoms with Crippen molar-refractivity contribution in [2.75, 3.05) is 19.7 Å². The molecule has 1 saturated heterocycles. The number of rotatable bonds is 9. The average Bonchev–Trinajstić information content (AvgIpc) is 3.27. The summed E-state index contributed by atoms with van der Waals surface area (Å²) in [7, 11) is -3.61. The van der Waals surface area contributed by atoms with Crippen LogP contribution in [0.1, 0.15) is 49.9 Å². The smallest absolute Gasteiger partial charge is 0.317 e. The van der Waals surface area contributed by atoms with Crippen molar-refractivity contribution in [1.29, 1.82) is 0 Å². The highest BCUT2D eigenvalue weighted by atomic mass is 32.2. The van der Waals surface area contributed by atoms with Gasteiger partial charge in [0.1, 0.15) is 0 Å². The molecule has 9 heteroatoms.